The molecule has 0 amide bonds. The molecule has 4 nitrogen and oxygen atoms in total. The summed E-state index contributed by atoms with van der Waals surface area (Å²) >= 11 is 0. The van der Waals surface area contributed by atoms with Gasteiger partial charge in [-0.15, -0.1) is 24.8 Å². The van der Waals surface area contributed by atoms with E-state index in [4.69, 9.17) is 9.47 Å². The van der Waals surface area contributed by atoms with Crippen LogP contribution in [0.1, 0.15) is 32.4 Å². The summed E-state index contributed by atoms with van der Waals surface area (Å²) in [7, 11) is 3.37. The second-order valence-corrected chi connectivity index (χ2v) is 6.67. The highest BCUT2D eigenvalue weighted by Crippen LogP contribution is 2.41. The highest BCUT2D eigenvalue weighted by atomic mass is 35.5. The Kier molecular flexibility index (Phi) is 9.29. The lowest BCUT2D eigenvalue weighted by Gasteiger charge is -2.42. The Hall–Kier alpha value is -0.680. The molecule has 23 heavy (non-hydrogen) atoms. The van der Waals surface area contributed by atoms with E-state index in [1.807, 2.05) is 6.07 Å². The Morgan fingerprint density at radius 3 is 2.04 bits per heavy atom. The van der Waals surface area contributed by atoms with Crippen LogP contribution in [0.15, 0.2) is 18.2 Å². The number of piperazine rings is 1. The molecule has 0 radical (unpaired) electrons. The van der Waals surface area contributed by atoms with Gasteiger partial charge in [-0.3, -0.25) is 4.90 Å². The van der Waals surface area contributed by atoms with E-state index in [0.717, 1.165) is 37.7 Å². The summed E-state index contributed by atoms with van der Waals surface area (Å²) in [4.78, 5) is 2.57. The van der Waals surface area contributed by atoms with Crippen LogP contribution in [0.25, 0.3) is 0 Å². The van der Waals surface area contributed by atoms with Crippen LogP contribution in [0, 0.1) is 5.41 Å². The van der Waals surface area contributed by atoms with Crippen molar-refractivity contribution in [2.24, 2.45) is 5.41 Å². The van der Waals surface area contributed by atoms with Crippen molar-refractivity contribution in [1.29, 1.82) is 0 Å². The molecule has 1 aliphatic rings. The summed E-state index contributed by atoms with van der Waals surface area (Å²) in [6.07, 6.45) is 0. The third kappa shape index (κ3) is 5.42. The first-order valence-corrected chi connectivity index (χ1v) is 7.64. The van der Waals surface area contributed by atoms with E-state index in [1.165, 1.54) is 5.56 Å². The summed E-state index contributed by atoms with van der Waals surface area (Å²) in [6, 6.07) is 6.67. The SMILES string of the molecule is COc1ccc([C@@H](N2CCNCC2)C(C)(C)C)cc1OC.Cl.Cl. The van der Waals surface area contributed by atoms with Gasteiger partial charge < -0.3 is 14.8 Å². The lowest BCUT2D eigenvalue weighted by Crippen LogP contribution is -2.48. The highest BCUT2D eigenvalue weighted by Gasteiger charge is 2.33. The average Bonchev–Trinajstić information content (AvgIpc) is 2.47. The van der Waals surface area contributed by atoms with Gasteiger partial charge in [-0.25, -0.2) is 0 Å². The molecular weight excluding hydrogens is 335 g/mol. The first-order chi connectivity index (χ1) is 9.97. The monoisotopic (exact) mass is 364 g/mol. The van der Waals surface area contributed by atoms with Gasteiger partial charge in [0.25, 0.3) is 0 Å². The van der Waals surface area contributed by atoms with Crippen molar-refractivity contribution in [2.45, 2.75) is 26.8 Å². The molecule has 1 fully saturated rings. The molecule has 1 aromatic rings. The molecule has 1 aromatic carbocycles. The van der Waals surface area contributed by atoms with Gasteiger partial charge >= 0.3 is 0 Å². The standard InChI is InChI=1S/C17H28N2O2.2ClH/c1-17(2,3)16(19-10-8-18-9-11-19)13-6-7-14(20-4)15(12-13)21-5;;/h6-7,12,16,18H,8-11H2,1-5H3;2*1H/t16-;;/m1../s1. The highest BCUT2D eigenvalue weighted by molar-refractivity contribution is 5.85. The molecule has 1 aliphatic heterocycles. The van der Waals surface area contributed by atoms with Gasteiger partial charge in [-0.05, 0) is 23.1 Å². The maximum absolute atomic E-state index is 5.47. The number of nitrogens with one attached hydrogen (secondary N) is 1. The molecule has 6 heteroatoms. The third-order valence-corrected chi connectivity index (χ3v) is 4.06. The summed E-state index contributed by atoms with van der Waals surface area (Å²) in [5, 5.41) is 3.43. The van der Waals surface area contributed by atoms with Crippen molar-refractivity contribution in [3.05, 3.63) is 23.8 Å². The zero-order valence-electron chi connectivity index (χ0n) is 14.7. The van der Waals surface area contributed by atoms with Crippen LogP contribution < -0.4 is 14.8 Å². The second-order valence-electron chi connectivity index (χ2n) is 6.67. The second kappa shape index (κ2) is 9.58. The van der Waals surface area contributed by atoms with Crippen LogP contribution in [0.3, 0.4) is 0 Å². The van der Waals surface area contributed by atoms with Crippen molar-refractivity contribution in [2.75, 3.05) is 40.4 Å². The molecule has 0 saturated carbocycles. The van der Waals surface area contributed by atoms with Crippen molar-refractivity contribution in [1.82, 2.24) is 10.2 Å². The van der Waals surface area contributed by atoms with Crippen LogP contribution >= 0.6 is 24.8 Å². The number of benzene rings is 1. The van der Waals surface area contributed by atoms with Crippen LogP contribution in [0.4, 0.5) is 0 Å². The molecule has 134 valence electrons. The first-order valence-electron chi connectivity index (χ1n) is 7.64. The third-order valence-electron chi connectivity index (χ3n) is 4.06. The van der Waals surface area contributed by atoms with E-state index in [1.54, 1.807) is 14.2 Å². The minimum atomic E-state index is 0. The first kappa shape index (κ1) is 22.3. The van der Waals surface area contributed by atoms with Gasteiger partial charge in [0, 0.05) is 32.2 Å². The molecule has 1 heterocycles. The van der Waals surface area contributed by atoms with Crippen molar-refractivity contribution in [3.8, 4) is 11.5 Å². The smallest absolute Gasteiger partial charge is 0.161 e. The minimum Gasteiger partial charge on any atom is -0.493 e. The largest absolute Gasteiger partial charge is 0.493 e. The molecule has 2 rings (SSSR count). The summed E-state index contributed by atoms with van der Waals surface area (Å²) in [5.41, 5.74) is 1.46. The van der Waals surface area contributed by atoms with Crippen molar-refractivity contribution < 1.29 is 9.47 Å². The predicted octanol–water partition coefficient (Wildman–Crippen LogP) is 3.54. The van der Waals surface area contributed by atoms with E-state index in [-0.39, 0.29) is 30.2 Å². The molecule has 1 saturated heterocycles. The molecule has 1 N–H and O–H groups in total. The summed E-state index contributed by atoms with van der Waals surface area (Å²) < 4.78 is 10.8. The van der Waals surface area contributed by atoms with Crippen LogP contribution in [0.5, 0.6) is 11.5 Å². The number of methoxy groups -OCH3 is 2. The van der Waals surface area contributed by atoms with Crippen molar-refractivity contribution >= 4 is 24.8 Å². The van der Waals surface area contributed by atoms with Crippen LogP contribution in [0.2, 0.25) is 0 Å². The molecule has 1 atom stereocenters. The number of halogens is 2. The van der Waals surface area contributed by atoms with Gasteiger partial charge in [-0.1, -0.05) is 26.8 Å². The van der Waals surface area contributed by atoms with Crippen molar-refractivity contribution in [3.63, 3.8) is 0 Å². The fraction of sp³-hybridized carbons (Fsp3) is 0.647. The topological polar surface area (TPSA) is 33.7 Å². The maximum Gasteiger partial charge on any atom is 0.161 e. The Morgan fingerprint density at radius 2 is 1.57 bits per heavy atom. The molecule has 0 spiro atoms. The van der Waals surface area contributed by atoms with Gasteiger partial charge in [-0.2, -0.15) is 0 Å². The average molecular weight is 365 g/mol. The van der Waals surface area contributed by atoms with Crippen LogP contribution in [-0.4, -0.2) is 45.3 Å². The zero-order chi connectivity index (χ0) is 15.5. The lowest BCUT2D eigenvalue weighted by molar-refractivity contribution is 0.0860. The molecular formula is C17H30Cl2N2O2. The Balaban J connectivity index is 0.00000242. The van der Waals surface area contributed by atoms with E-state index >= 15 is 0 Å². The minimum absolute atomic E-state index is 0. The maximum atomic E-state index is 5.47. The molecule has 0 bridgehead atoms. The number of hydrogen-bond donors (Lipinski definition) is 1. The quantitative estimate of drug-likeness (QED) is 0.885. The summed E-state index contributed by atoms with van der Waals surface area (Å²) in [5.74, 6) is 1.59. The normalized spacial score (nSPS) is 16.7. The number of nitrogens with zero attached hydrogens (tertiary/aromatic N) is 1. The van der Waals surface area contributed by atoms with Gasteiger partial charge in [0.05, 0.1) is 14.2 Å². The number of rotatable bonds is 4. The van der Waals surface area contributed by atoms with Gasteiger partial charge in [0.1, 0.15) is 0 Å². The Morgan fingerprint density at radius 1 is 1.00 bits per heavy atom. The summed E-state index contributed by atoms with van der Waals surface area (Å²) in [6.45, 7) is 11.2. The fourth-order valence-electron chi connectivity index (χ4n) is 3.22. The molecule has 0 aliphatic carbocycles. The number of hydrogen-bond acceptors (Lipinski definition) is 4. The van der Waals surface area contributed by atoms with E-state index < -0.39 is 0 Å². The Labute approximate surface area is 152 Å². The van der Waals surface area contributed by atoms with Crippen LogP contribution in [-0.2, 0) is 0 Å². The van der Waals surface area contributed by atoms with Gasteiger partial charge in [0.2, 0.25) is 0 Å². The fourth-order valence-corrected chi connectivity index (χ4v) is 3.22. The zero-order valence-corrected chi connectivity index (χ0v) is 16.4. The lowest BCUT2D eigenvalue weighted by atomic mass is 9.81. The Bertz CT molecular complexity index is 472. The molecule has 0 aromatic heterocycles. The molecule has 0 unspecified atom stereocenters. The van der Waals surface area contributed by atoms with E-state index in [9.17, 15) is 0 Å². The van der Waals surface area contributed by atoms with E-state index in [2.05, 4.69) is 43.1 Å². The van der Waals surface area contributed by atoms with E-state index in [0.29, 0.717) is 6.04 Å². The van der Waals surface area contributed by atoms with Gasteiger partial charge in [0.15, 0.2) is 11.5 Å². The number of ether oxygens (including phenoxy) is 2. The predicted molar refractivity (Wildman–Crippen MR) is 101 cm³/mol.